The fourth-order valence-corrected chi connectivity index (χ4v) is 16.2. The molecule has 0 spiro atoms. The SMILES string of the molecule is C.CC(C)(C)OC(=O)N1CCC(O)CC1.CC(C)(C)OC(=O)N1CCC(OS(C)(=O)=O)CC1.CC(C)(C)OC(=O)N1CCC(n2ncc3cc(I)ccc32)CC1.CS(=O)(=O)Cl.Ic1ccc2[nH]ncc2c1.O=C(C1CC1)N1CCC(n2ncc3cc(I)ccc32)CC1.O=C(N1CCC(n2ccc3cc(I)ccc32)CC1)C(F)(F)F.O=C(O)C1CC1. The number of nitrogens with one attached hydrogen (secondary N) is 1. The number of alkyl halides is 3. The molecule has 120 heavy (non-hydrogen) atoms. The molecular formula is C82H112ClF3I4N12O16S2. The van der Waals surface area contributed by atoms with E-state index in [9.17, 15) is 63.9 Å². The predicted molar refractivity (Wildman–Crippen MR) is 491 cm³/mol. The number of fused-ring (bicyclic) bond motifs is 4. The highest BCUT2D eigenvalue weighted by Gasteiger charge is 2.44. The molecule has 4 aromatic heterocycles. The molecule has 2 aliphatic carbocycles. The summed E-state index contributed by atoms with van der Waals surface area (Å²) in [5, 5.41) is 38.0. The van der Waals surface area contributed by atoms with E-state index < -0.39 is 54.0 Å². The van der Waals surface area contributed by atoms with E-state index in [0.717, 1.165) is 102 Å². The van der Waals surface area contributed by atoms with Crippen molar-refractivity contribution in [2.45, 2.75) is 213 Å². The van der Waals surface area contributed by atoms with E-state index in [2.05, 4.69) is 195 Å². The minimum Gasteiger partial charge on any atom is -0.481 e. The van der Waals surface area contributed by atoms with Crippen LogP contribution in [0.15, 0.2) is 104 Å². The number of hydrogen-bond donors (Lipinski definition) is 3. The molecule has 0 unspecified atom stereocenters. The van der Waals surface area contributed by atoms with Gasteiger partial charge in [-0.15, -0.1) is 0 Å². The van der Waals surface area contributed by atoms with Crippen molar-refractivity contribution in [1.29, 1.82) is 0 Å². The predicted octanol–water partition coefficient (Wildman–Crippen LogP) is 17.6. The van der Waals surface area contributed by atoms with E-state index in [-0.39, 0.29) is 63.0 Å². The van der Waals surface area contributed by atoms with Gasteiger partial charge in [0.25, 0.3) is 10.1 Å². The van der Waals surface area contributed by atoms with Gasteiger partial charge in [-0.2, -0.15) is 36.9 Å². The Kier molecular flexibility index (Phi) is 37.6. The molecule has 0 bridgehead atoms. The number of likely N-dealkylation sites (tertiary alicyclic amines) is 5. The Morgan fingerprint density at radius 3 is 1.22 bits per heavy atom. The highest BCUT2D eigenvalue weighted by molar-refractivity contribution is 14.1. The van der Waals surface area contributed by atoms with Crippen LogP contribution in [0.2, 0.25) is 0 Å². The molecule has 7 aliphatic rings. The van der Waals surface area contributed by atoms with Crippen LogP contribution in [0.25, 0.3) is 43.6 Å². The first-order valence-corrected chi connectivity index (χ1v) is 48.3. The zero-order valence-electron chi connectivity index (χ0n) is 68.7. The number of aromatic amines is 1. The Morgan fingerprint density at radius 1 is 0.475 bits per heavy atom. The largest absolute Gasteiger partial charge is 0.481 e. The quantitative estimate of drug-likeness (QED) is 0.0577. The van der Waals surface area contributed by atoms with Gasteiger partial charge in [0.2, 0.25) is 15.0 Å². The number of benzene rings is 4. The average Bonchev–Trinajstić information content (AvgIpc) is 1.65. The Hall–Kier alpha value is -6.13. The average molecular weight is 2190 g/mol. The maximum atomic E-state index is 12.5. The maximum absolute atomic E-state index is 12.5. The van der Waals surface area contributed by atoms with Crippen LogP contribution >= 0.6 is 101 Å². The lowest BCUT2D eigenvalue weighted by Crippen LogP contribution is -2.45. The lowest BCUT2D eigenvalue weighted by atomic mass is 10.0. The van der Waals surface area contributed by atoms with Gasteiger partial charge in [0, 0.05) is 136 Å². The van der Waals surface area contributed by atoms with Gasteiger partial charge in [-0.1, -0.05) is 7.43 Å². The number of hydrogen-bond acceptors (Lipinski definition) is 18. The summed E-state index contributed by atoms with van der Waals surface area (Å²) >= 11 is 9.18. The standard InChI is InChI=1S/C17H22IN3O2.C16H18IN3O.C15H14F3IN2O.C11H21NO5S.C10H19NO3.C7H5IN2.C4H6O2.CH3ClO2S.CH4/c1-17(2,3)23-16(22)20-8-6-14(7-9-20)21-15-5-4-13(18)10-12(15)11-19-21;17-13-3-4-15-12(9-13)10-18-20(15)14-5-7-19(8-6-14)16(21)11-1-2-11;16-15(17,18)14(22)20-6-4-12(5-7-20)21-8-3-10-9-11(19)1-2-13(10)21;1-11(2,3)16-10(13)12-7-5-9(6-8-12)17-18(4,14)15;1-10(2,3)14-9(13)11-6-4-8(12)5-7-11;8-6-1-2-7-5(3-6)4-9-10-7;5-4(6)3-1-2-3;1-5(2,3)4;/h4-5,10-11,14H,6-9H2,1-3H3;3-4,9-11,14H,1-2,5-8H2;1-3,8-9,12H,4-7H2;9H,5-8H2,1-4H3;8,12H,4-7H2,1-3H3;1-4H,(H,9,10);3H,1-2H2,(H,5,6);1H3;1H4. The summed E-state index contributed by atoms with van der Waals surface area (Å²) in [6.45, 7) is 22.2. The van der Waals surface area contributed by atoms with E-state index >= 15 is 0 Å². The number of aliphatic carboxylic acids is 1. The Bertz CT molecular complexity index is 4960. The number of carboxylic acid groups (broad SMARTS) is 1. The number of amides is 5. The van der Waals surface area contributed by atoms with Gasteiger partial charge in [-0.05, 0) is 321 Å². The molecule has 28 nitrogen and oxygen atoms in total. The number of carboxylic acids is 1. The molecular weight excluding hydrogens is 2070 g/mol. The molecule has 0 radical (unpaired) electrons. The minimum absolute atomic E-state index is 0. The second-order valence-corrected chi connectivity index (χ2v) is 42.8. The number of nitrogens with zero attached hydrogens (tertiary/aromatic N) is 11. The summed E-state index contributed by atoms with van der Waals surface area (Å²) < 4.78 is 110. The number of aromatic nitrogens is 7. The molecule has 38 heteroatoms. The van der Waals surface area contributed by atoms with Crippen LogP contribution < -0.4 is 0 Å². The van der Waals surface area contributed by atoms with Gasteiger partial charge in [0.15, 0.2) is 0 Å². The summed E-state index contributed by atoms with van der Waals surface area (Å²) in [7, 11) is -2.12. The lowest BCUT2D eigenvalue weighted by Gasteiger charge is -2.33. The van der Waals surface area contributed by atoms with Crippen LogP contribution in [-0.2, 0) is 51.9 Å². The first-order chi connectivity index (χ1) is 55.5. The summed E-state index contributed by atoms with van der Waals surface area (Å²) in [6, 6.07) is 28.1. The second-order valence-electron chi connectivity index (χ2n) is 33.1. The van der Waals surface area contributed by atoms with Gasteiger partial charge in [0.05, 0.1) is 77.9 Å². The summed E-state index contributed by atoms with van der Waals surface area (Å²) in [5.41, 5.74) is 3.16. The van der Waals surface area contributed by atoms with Crippen LogP contribution in [-0.4, -0.2) is 235 Å². The number of piperidine rings is 5. The fourth-order valence-electron chi connectivity index (χ4n) is 13.5. The molecule has 9 heterocycles. The monoisotopic (exact) mass is 2180 g/mol. The number of aliphatic hydroxyl groups excluding tert-OH is 1. The van der Waals surface area contributed by atoms with E-state index in [4.69, 9.17) is 23.5 Å². The number of ether oxygens (including phenoxy) is 3. The molecule has 5 aliphatic heterocycles. The number of H-pyrrole nitrogens is 1. The molecule has 3 N–H and O–H groups in total. The molecule has 4 aromatic carbocycles. The van der Waals surface area contributed by atoms with Crippen molar-refractivity contribution < 1.29 is 87.4 Å². The first kappa shape index (κ1) is 101. The van der Waals surface area contributed by atoms with Crippen LogP contribution in [0.1, 0.15) is 178 Å². The van der Waals surface area contributed by atoms with Crippen molar-refractivity contribution in [1.82, 2.24) is 58.8 Å². The molecule has 0 atom stereocenters. The summed E-state index contributed by atoms with van der Waals surface area (Å²) in [5.74, 6) is -1.61. The third-order valence-electron chi connectivity index (χ3n) is 19.5. The maximum Gasteiger partial charge on any atom is 0.471 e. The highest BCUT2D eigenvalue weighted by Crippen LogP contribution is 2.36. The van der Waals surface area contributed by atoms with Crippen molar-refractivity contribution in [2.24, 2.45) is 11.8 Å². The van der Waals surface area contributed by atoms with E-state index in [1.807, 2.05) is 111 Å². The van der Waals surface area contributed by atoms with Crippen molar-refractivity contribution >= 4 is 200 Å². The van der Waals surface area contributed by atoms with E-state index in [1.54, 1.807) is 14.7 Å². The van der Waals surface area contributed by atoms with Crippen LogP contribution in [0.5, 0.6) is 0 Å². The van der Waals surface area contributed by atoms with Gasteiger partial charge in [-0.25, -0.2) is 22.8 Å². The molecule has 2 saturated carbocycles. The smallest absolute Gasteiger partial charge is 0.471 e. The lowest BCUT2D eigenvalue weighted by molar-refractivity contribution is -0.186. The number of rotatable bonds is 7. The van der Waals surface area contributed by atoms with Crippen molar-refractivity contribution in [3.05, 3.63) is 118 Å². The summed E-state index contributed by atoms with van der Waals surface area (Å²) in [6.07, 6.45) is 14.7. The summed E-state index contributed by atoms with van der Waals surface area (Å²) in [4.78, 5) is 76.5. The normalized spacial score (nSPS) is 17.4. The minimum atomic E-state index is -4.77. The van der Waals surface area contributed by atoms with Crippen LogP contribution in [0.4, 0.5) is 27.6 Å². The Morgan fingerprint density at radius 2 is 0.833 bits per heavy atom. The molecule has 664 valence electrons. The van der Waals surface area contributed by atoms with Crippen molar-refractivity contribution in [3.8, 4) is 0 Å². The van der Waals surface area contributed by atoms with Gasteiger partial charge >= 0.3 is 36.3 Å². The number of carbonyl (C=O) groups excluding carboxylic acids is 5. The van der Waals surface area contributed by atoms with Crippen LogP contribution in [0.3, 0.4) is 0 Å². The third-order valence-corrected chi connectivity index (χ3v) is 22.9. The fraction of sp³-hybridized carbons (Fsp3) is 0.573. The first-order valence-electron chi connectivity index (χ1n) is 39.4. The van der Waals surface area contributed by atoms with Crippen LogP contribution in [0, 0.1) is 26.1 Å². The van der Waals surface area contributed by atoms with E-state index in [1.165, 1.54) is 37.9 Å². The van der Waals surface area contributed by atoms with Crippen molar-refractivity contribution in [3.63, 3.8) is 0 Å². The zero-order valence-corrected chi connectivity index (χ0v) is 79.7. The third kappa shape index (κ3) is 34.1. The highest BCUT2D eigenvalue weighted by atomic mass is 127. The van der Waals surface area contributed by atoms with Gasteiger partial charge in [0.1, 0.15) is 16.8 Å². The topological polar surface area (TPSA) is 334 Å². The Balaban J connectivity index is 0.000000195. The second kappa shape index (κ2) is 44.6. The number of carbonyl (C=O) groups is 6. The zero-order chi connectivity index (χ0) is 87.7. The molecule has 8 aromatic rings. The van der Waals surface area contributed by atoms with E-state index in [0.29, 0.717) is 102 Å². The molecule has 5 saturated heterocycles. The van der Waals surface area contributed by atoms with Gasteiger partial charge < -0.3 is 53.5 Å². The number of aliphatic hydroxyl groups is 1. The van der Waals surface area contributed by atoms with Crippen molar-refractivity contribution in [2.75, 3.05) is 78.0 Å². The molecule has 7 fully saturated rings. The molecule has 5 amide bonds. The number of halogens is 8. The van der Waals surface area contributed by atoms with Gasteiger partial charge in [-0.3, -0.25) is 33.0 Å². The molecule has 15 rings (SSSR count). The Labute approximate surface area is 759 Å².